The molecule has 1 aliphatic rings. The van der Waals surface area contributed by atoms with Crippen LogP contribution in [0.1, 0.15) is 34.9 Å². The highest BCUT2D eigenvalue weighted by atomic mass is 35.5. The van der Waals surface area contributed by atoms with Crippen LogP contribution in [0.3, 0.4) is 0 Å². The van der Waals surface area contributed by atoms with Crippen LogP contribution in [0.5, 0.6) is 0 Å². The SMILES string of the molecule is N#Cc1cc(F)c([C@H]2C[C@@H]2c2cc(Cl)nn3c(F)cnc23)c(F)c1. The molecule has 4 nitrogen and oxygen atoms in total. The summed E-state index contributed by atoms with van der Waals surface area (Å²) < 4.78 is 43.0. The minimum atomic E-state index is -0.759. The van der Waals surface area contributed by atoms with Crippen molar-refractivity contribution in [1.82, 2.24) is 14.6 Å². The quantitative estimate of drug-likeness (QED) is 0.704. The molecule has 0 unspecified atom stereocenters. The minimum Gasteiger partial charge on any atom is -0.232 e. The van der Waals surface area contributed by atoms with Gasteiger partial charge in [0, 0.05) is 11.1 Å². The number of rotatable bonds is 2. The lowest BCUT2D eigenvalue weighted by atomic mass is 10.0. The Morgan fingerprint density at radius 2 is 1.88 bits per heavy atom. The first-order valence-electron chi connectivity index (χ1n) is 7.08. The maximum absolute atomic E-state index is 14.2. The van der Waals surface area contributed by atoms with Gasteiger partial charge in [0.25, 0.3) is 0 Å². The second-order valence-electron chi connectivity index (χ2n) is 5.65. The first-order valence-corrected chi connectivity index (χ1v) is 7.46. The number of hydrogen-bond donors (Lipinski definition) is 0. The second kappa shape index (κ2) is 5.21. The molecule has 0 aliphatic heterocycles. The monoisotopic (exact) mass is 348 g/mol. The van der Waals surface area contributed by atoms with Crippen molar-refractivity contribution < 1.29 is 13.2 Å². The standard InChI is InChI=1S/C16H8ClF3N4/c17-13-4-10(16-22-6-14(20)24(16)23-13)8-3-9(8)15-11(18)1-7(5-21)2-12(15)19/h1-2,4,6,8-9H,3H2/t8-,9-/m0/s1. The molecule has 4 rings (SSSR count). The van der Waals surface area contributed by atoms with Crippen molar-refractivity contribution in [2.24, 2.45) is 0 Å². The van der Waals surface area contributed by atoms with Crippen molar-refractivity contribution in [2.45, 2.75) is 18.3 Å². The van der Waals surface area contributed by atoms with Crippen LogP contribution in [-0.4, -0.2) is 14.6 Å². The summed E-state index contributed by atoms with van der Waals surface area (Å²) >= 11 is 5.91. The van der Waals surface area contributed by atoms with Crippen molar-refractivity contribution >= 4 is 17.2 Å². The van der Waals surface area contributed by atoms with Crippen LogP contribution in [0, 0.1) is 28.9 Å². The molecule has 0 spiro atoms. The zero-order chi connectivity index (χ0) is 17.0. The van der Waals surface area contributed by atoms with Gasteiger partial charge < -0.3 is 0 Å². The summed E-state index contributed by atoms with van der Waals surface area (Å²) in [6.07, 6.45) is 1.49. The summed E-state index contributed by atoms with van der Waals surface area (Å²) in [5, 5.41) is 12.7. The summed E-state index contributed by atoms with van der Waals surface area (Å²) in [5.74, 6) is -2.84. The fourth-order valence-corrected chi connectivity index (χ4v) is 3.26. The number of halogens is 4. The molecule has 1 aliphatic carbocycles. The zero-order valence-corrected chi connectivity index (χ0v) is 12.7. The molecular formula is C16H8ClF3N4. The van der Waals surface area contributed by atoms with Crippen molar-refractivity contribution in [3.8, 4) is 6.07 Å². The van der Waals surface area contributed by atoms with Crippen LogP contribution in [0.25, 0.3) is 5.65 Å². The normalized spacial score (nSPS) is 19.5. The number of aromatic nitrogens is 3. The Kier molecular flexibility index (Phi) is 3.25. The van der Waals surface area contributed by atoms with Crippen LogP contribution in [0.15, 0.2) is 24.4 Å². The van der Waals surface area contributed by atoms with Crippen LogP contribution in [0.2, 0.25) is 5.15 Å². The minimum absolute atomic E-state index is 0.0702. The van der Waals surface area contributed by atoms with E-state index >= 15 is 0 Å². The van der Waals surface area contributed by atoms with Gasteiger partial charge in [-0.3, -0.25) is 0 Å². The van der Waals surface area contributed by atoms with Gasteiger partial charge in [-0.05, 0) is 36.5 Å². The third kappa shape index (κ3) is 2.22. The molecule has 1 saturated carbocycles. The molecule has 2 heterocycles. The third-order valence-electron chi connectivity index (χ3n) is 4.19. The van der Waals surface area contributed by atoms with Gasteiger partial charge >= 0.3 is 0 Å². The van der Waals surface area contributed by atoms with E-state index in [-0.39, 0.29) is 27.8 Å². The fourth-order valence-electron chi connectivity index (χ4n) is 3.07. The van der Waals surface area contributed by atoms with E-state index in [1.54, 1.807) is 6.07 Å². The molecule has 0 saturated heterocycles. The molecule has 3 aromatic rings. The largest absolute Gasteiger partial charge is 0.234 e. The first kappa shape index (κ1) is 15.0. The molecule has 8 heteroatoms. The average Bonchev–Trinajstić information content (AvgIpc) is 3.23. The lowest BCUT2D eigenvalue weighted by molar-refractivity contribution is 0.547. The molecule has 0 N–H and O–H groups in total. The molecular weight excluding hydrogens is 341 g/mol. The Bertz CT molecular complexity index is 1000. The molecule has 24 heavy (non-hydrogen) atoms. The predicted molar refractivity (Wildman–Crippen MR) is 79.1 cm³/mol. The molecule has 1 fully saturated rings. The summed E-state index contributed by atoms with van der Waals surface area (Å²) in [5.41, 5.74) is 0.721. The topological polar surface area (TPSA) is 54.0 Å². The molecule has 0 radical (unpaired) electrons. The Balaban J connectivity index is 1.77. The smallest absolute Gasteiger partial charge is 0.232 e. The highest BCUT2D eigenvalue weighted by Gasteiger charge is 2.44. The van der Waals surface area contributed by atoms with E-state index < -0.39 is 23.5 Å². The van der Waals surface area contributed by atoms with E-state index in [9.17, 15) is 13.2 Å². The van der Waals surface area contributed by atoms with Gasteiger partial charge in [-0.15, -0.1) is 0 Å². The Morgan fingerprint density at radius 3 is 2.54 bits per heavy atom. The van der Waals surface area contributed by atoms with E-state index in [0.717, 1.165) is 22.8 Å². The number of fused-ring (bicyclic) bond motifs is 1. The van der Waals surface area contributed by atoms with Gasteiger partial charge in [-0.2, -0.15) is 19.3 Å². The van der Waals surface area contributed by atoms with E-state index in [0.29, 0.717) is 12.0 Å². The summed E-state index contributed by atoms with van der Waals surface area (Å²) in [6, 6.07) is 5.27. The highest BCUT2D eigenvalue weighted by Crippen LogP contribution is 2.56. The molecule has 120 valence electrons. The zero-order valence-electron chi connectivity index (χ0n) is 12.0. The van der Waals surface area contributed by atoms with Crippen LogP contribution in [-0.2, 0) is 0 Å². The van der Waals surface area contributed by atoms with Crippen molar-refractivity contribution in [1.29, 1.82) is 5.26 Å². The van der Waals surface area contributed by atoms with E-state index in [2.05, 4.69) is 10.1 Å². The van der Waals surface area contributed by atoms with Crippen molar-refractivity contribution in [2.75, 3.05) is 0 Å². The molecule has 2 aromatic heterocycles. The molecule has 0 amide bonds. The van der Waals surface area contributed by atoms with Crippen LogP contribution in [0.4, 0.5) is 13.2 Å². The van der Waals surface area contributed by atoms with E-state index in [1.807, 2.05) is 0 Å². The number of nitrogens with zero attached hydrogens (tertiary/aromatic N) is 4. The Hall–Kier alpha value is -2.59. The Labute approximate surface area is 139 Å². The molecule has 1 aromatic carbocycles. The first-order chi connectivity index (χ1) is 11.5. The van der Waals surface area contributed by atoms with Crippen LogP contribution < -0.4 is 0 Å². The summed E-state index contributed by atoms with van der Waals surface area (Å²) in [6.45, 7) is 0. The van der Waals surface area contributed by atoms with Crippen molar-refractivity contribution in [3.05, 3.63) is 63.8 Å². The van der Waals surface area contributed by atoms with Gasteiger partial charge in [-0.1, -0.05) is 11.6 Å². The van der Waals surface area contributed by atoms with Gasteiger partial charge in [-0.25, -0.2) is 13.8 Å². The van der Waals surface area contributed by atoms with E-state index in [1.165, 1.54) is 6.07 Å². The molecule has 0 bridgehead atoms. The van der Waals surface area contributed by atoms with E-state index in [4.69, 9.17) is 16.9 Å². The summed E-state index contributed by atoms with van der Waals surface area (Å²) in [4.78, 5) is 3.96. The van der Waals surface area contributed by atoms with Gasteiger partial charge in [0.1, 0.15) is 11.6 Å². The second-order valence-corrected chi connectivity index (χ2v) is 6.04. The van der Waals surface area contributed by atoms with Gasteiger partial charge in [0.05, 0.1) is 17.8 Å². The molecule has 2 atom stereocenters. The average molecular weight is 349 g/mol. The highest BCUT2D eigenvalue weighted by molar-refractivity contribution is 6.29. The predicted octanol–water partition coefficient (Wildman–Crippen LogP) is 3.94. The lowest BCUT2D eigenvalue weighted by Crippen LogP contribution is -2.01. The number of benzene rings is 1. The maximum atomic E-state index is 14.2. The van der Waals surface area contributed by atoms with Crippen LogP contribution >= 0.6 is 11.6 Å². The number of nitriles is 1. The lowest BCUT2D eigenvalue weighted by Gasteiger charge is -2.07. The van der Waals surface area contributed by atoms with Gasteiger partial charge in [0.2, 0.25) is 5.95 Å². The van der Waals surface area contributed by atoms with Crippen molar-refractivity contribution in [3.63, 3.8) is 0 Å². The third-order valence-corrected chi connectivity index (χ3v) is 4.38. The maximum Gasteiger partial charge on any atom is 0.234 e. The summed E-state index contributed by atoms with van der Waals surface area (Å²) in [7, 11) is 0. The fraction of sp³-hybridized carbons (Fsp3) is 0.188. The number of hydrogen-bond acceptors (Lipinski definition) is 3. The Morgan fingerprint density at radius 1 is 1.17 bits per heavy atom. The van der Waals surface area contributed by atoms with Gasteiger partial charge in [0.15, 0.2) is 10.8 Å². The number of imidazole rings is 1.